The highest BCUT2D eigenvalue weighted by Crippen LogP contribution is 2.44. The highest BCUT2D eigenvalue weighted by atomic mass is 16.3. The fourth-order valence-corrected chi connectivity index (χ4v) is 8.74. The van der Waals surface area contributed by atoms with Crippen molar-refractivity contribution in [1.29, 1.82) is 0 Å². The van der Waals surface area contributed by atoms with Gasteiger partial charge in [0.2, 0.25) is 0 Å². The first-order valence-electron chi connectivity index (χ1n) is 19.0. The van der Waals surface area contributed by atoms with Crippen LogP contribution in [0.5, 0.6) is 0 Å². The third-order valence-corrected chi connectivity index (χ3v) is 11.4. The number of furan rings is 2. The van der Waals surface area contributed by atoms with Gasteiger partial charge in [0.15, 0.2) is 5.58 Å². The van der Waals surface area contributed by atoms with Crippen molar-refractivity contribution >= 4 is 93.5 Å². The molecule has 4 heteroatoms. The van der Waals surface area contributed by atoms with E-state index in [4.69, 9.17) is 8.83 Å². The largest absolute Gasteiger partial charge is 0.456 e. The van der Waals surface area contributed by atoms with E-state index in [0.29, 0.717) is 0 Å². The van der Waals surface area contributed by atoms with Crippen LogP contribution in [0.4, 0.5) is 17.1 Å². The zero-order valence-corrected chi connectivity index (χ0v) is 30.2. The second kappa shape index (κ2) is 12.0. The normalized spacial score (nSPS) is 11.9. The third kappa shape index (κ3) is 4.66. The lowest BCUT2D eigenvalue weighted by Crippen LogP contribution is -2.10. The Morgan fingerprint density at radius 2 is 1.00 bits per heavy atom. The van der Waals surface area contributed by atoms with Gasteiger partial charge in [0.05, 0.1) is 22.4 Å². The molecule has 0 aliphatic rings. The van der Waals surface area contributed by atoms with E-state index in [9.17, 15) is 0 Å². The van der Waals surface area contributed by atoms with Gasteiger partial charge in [-0.3, -0.25) is 0 Å². The Labute approximate surface area is 321 Å². The molecule has 0 aliphatic heterocycles. The van der Waals surface area contributed by atoms with Gasteiger partial charge in [-0.25, -0.2) is 0 Å². The Bertz CT molecular complexity index is 3440. The molecule has 0 bridgehead atoms. The van der Waals surface area contributed by atoms with Crippen molar-refractivity contribution in [3.8, 4) is 16.8 Å². The fraction of sp³-hybridized carbons (Fsp3) is 0. The Morgan fingerprint density at radius 1 is 0.357 bits per heavy atom. The molecule has 0 saturated heterocycles. The van der Waals surface area contributed by atoms with Crippen molar-refractivity contribution in [3.63, 3.8) is 0 Å². The van der Waals surface area contributed by atoms with Gasteiger partial charge in [0.25, 0.3) is 0 Å². The lowest BCUT2D eigenvalue weighted by atomic mass is 10.0. The van der Waals surface area contributed by atoms with E-state index in [-0.39, 0.29) is 0 Å². The van der Waals surface area contributed by atoms with Crippen LogP contribution in [0.3, 0.4) is 0 Å². The molecule has 0 atom stereocenters. The van der Waals surface area contributed by atoms with Gasteiger partial charge in [-0.15, -0.1) is 0 Å². The van der Waals surface area contributed by atoms with Gasteiger partial charge >= 0.3 is 0 Å². The van der Waals surface area contributed by atoms with Gasteiger partial charge in [-0.05, 0) is 94.7 Å². The lowest BCUT2D eigenvalue weighted by molar-refractivity contribution is 0.667. The van der Waals surface area contributed by atoms with Crippen molar-refractivity contribution in [1.82, 2.24) is 4.57 Å². The van der Waals surface area contributed by atoms with E-state index in [0.717, 1.165) is 72.2 Å². The minimum Gasteiger partial charge on any atom is -0.456 e. The molecule has 4 nitrogen and oxygen atoms in total. The first-order valence-corrected chi connectivity index (χ1v) is 19.0. The SMILES string of the molecule is c1ccc2cc(-c3ccc(N(c4ccc5c(c4)oc4ccc(-n6c7ccccc7c7ccccc76)cc45)c4cccc5c4oc4ccccc45)cc3)ccc2c1. The zero-order chi connectivity index (χ0) is 36.7. The maximum absolute atomic E-state index is 6.65. The molecule has 3 heterocycles. The summed E-state index contributed by atoms with van der Waals surface area (Å²) in [7, 11) is 0. The molecule has 0 N–H and O–H groups in total. The summed E-state index contributed by atoms with van der Waals surface area (Å²) in [5.41, 5.74) is 12.2. The van der Waals surface area contributed by atoms with Gasteiger partial charge in [-0.1, -0.05) is 115 Å². The van der Waals surface area contributed by atoms with Crippen LogP contribution in [0.1, 0.15) is 0 Å². The summed E-state index contributed by atoms with van der Waals surface area (Å²) in [6.07, 6.45) is 0. The van der Waals surface area contributed by atoms with E-state index < -0.39 is 0 Å². The quantitative estimate of drug-likeness (QED) is 0.178. The number of benzene rings is 9. The minimum atomic E-state index is 0.825. The maximum atomic E-state index is 6.65. The van der Waals surface area contributed by atoms with Crippen LogP contribution >= 0.6 is 0 Å². The topological polar surface area (TPSA) is 34.5 Å². The van der Waals surface area contributed by atoms with Crippen molar-refractivity contribution in [3.05, 3.63) is 194 Å². The van der Waals surface area contributed by atoms with Gasteiger partial charge in [-0.2, -0.15) is 0 Å². The third-order valence-electron chi connectivity index (χ3n) is 11.4. The predicted octanol–water partition coefficient (Wildman–Crippen LogP) is 14.9. The number of hydrogen-bond acceptors (Lipinski definition) is 3. The number of anilines is 3. The molecule has 262 valence electrons. The Morgan fingerprint density at radius 3 is 1.82 bits per heavy atom. The van der Waals surface area contributed by atoms with Crippen LogP contribution in [0.2, 0.25) is 0 Å². The predicted molar refractivity (Wildman–Crippen MR) is 233 cm³/mol. The van der Waals surface area contributed by atoms with E-state index in [1.54, 1.807) is 0 Å². The fourth-order valence-electron chi connectivity index (χ4n) is 8.74. The van der Waals surface area contributed by atoms with Crippen LogP contribution in [0, 0.1) is 0 Å². The number of rotatable bonds is 5. The second-order valence-electron chi connectivity index (χ2n) is 14.5. The second-order valence-corrected chi connectivity index (χ2v) is 14.5. The van der Waals surface area contributed by atoms with Crippen molar-refractivity contribution in [2.75, 3.05) is 4.90 Å². The molecule has 3 aromatic heterocycles. The number of fused-ring (bicyclic) bond motifs is 10. The molecule has 0 fully saturated rings. The van der Waals surface area contributed by atoms with Crippen LogP contribution in [0.25, 0.3) is 93.3 Å². The van der Waals surface area contributed by atoms with Gasteiger partial charge < -0.3 is 18.3 Å². The minimum absolute atomic E-state index is 0.825. The highest BCUT2D eigenvalue weighted by Gasteiger charge is 2.21. The number of para-hydroxylation sites is 4. The number of aromatic nitrogens is 1. The number of nitrogens with zero attached hydrogens (tertiary/aromatic N) is 2. The van der Waals surface area contributed by atoms with Gasteiger partial charge in [0, 0.05) is 49.8 Å². The summed E-state index contributed by atoms with van der Waals surface area (Å²) in [6.45, 7) is 0. The Hall–Kier alpha value is -7.56. The average molecular weight is 717 g/mol. The van der Waals surface area contributed by atoms with Crippen LogP contribution in [0.15, 0.2) is 203 Å². The van der Waals surface area contributed by atoms with Crippen LogP contribution in [-0.2, 0) is 0 Å². The van der Waals surface area contributed by atoms with Crippen LogP contribution < -0.4 is 4.90 Å². The van der Waals surface area contributed by atoms with E-state index in [1.165, 1.54) is 38.1 Å². The Balaban J connectivity index is 1.02. The van der Waals surface area contributed by atoms with E-state index in [2.05, 4.69) is 191 Å². The molecule has 12 rings (SSSR count). The summed E-state index contributed by atoms with van der Waals surface area (Å²) in [6, 6.07) is 69.0. The van der Waals surface area contributed by atoms with Crippen LogP contribution in [-0.4, -0.2) is 4.57 Å². The summed E-state index contributed by atoms with van der Waals surface area (Å²) < 4.78 is 15.6. The summed E-state index contributed by atoms with van der Waals surface area (Å²) in [5.74, 6) is 0. The van der Waals surface area contributed by atoms with Gasteiger partial charge in [0.1, 0.15) is 16.7 Å². The lowest BCUT2D eigenvalue weighted by Gasteiger charge is -2.25. The number of hydrogen-bond donors (Lipinski definition) is 0. The molecule has 9 aromatic carbocycles. The van der Waals surface area contributed by atoms with Crippen molar-refractivity contribution in [2.45, 2.75) is 0 Å². The standard InChI is InChI=1S/C52H32N2O2/c1-2-11-35-30-36(21-20-33(35)10-1)34-22-24-37(25-23-34)53(48-18-9-15-44-42-14-5-8-19-49(42)56-52(44)48)39-26-28-43-45-31-38(27-29-50(45)55-51(43)32-39)54-46-16-6-3-12-40(46)41-13-4-7-17-47(41)54/h1-32H. The van der Waals surface area contributed by atoms with E-state index >= 15 is 0 Å². The average Bonchev–Trinajstić information content (AvgIpc) is 3.93. The first-order chi connectivity index (χ1) is 27.7. The molecular formula is C52H32N2O2. The molecule has 0 aliphatic carbocycles. The molecule has 0 spiro atoms. The summed E-state index contributed by atoms with van der Waals surface area (Å²) >= 11 is 0. The summed E-state index contributed by atoms with van der Waals surface area (Å²) in [4.78, 5) is 2.28. The zero-order valence-electron chi connectivity index (χ0n) is 30.2. The molecule has 0 saturated carbocycles. The molecule has 0 radical (unpaired) electrons. The molecule has 0 unspecified atom stereocenters. The molecular weight excluding hydrogens is 685 g/mol. The highest BCUT2D eigenvalue weighted by molar-refractivity contribution is 6.12. The first kappa shape index (κ1) is 30.9. The summed E-state index contributed by atoms with van der Waals surface area (Å²) in [5, 5.41) is 9.29. The monoisotopic (exact) mass is 716 g/mol. The van der Waals surface area contributed by atoms with Crippen molar-refractivity contribution in [2.24, 2.45) is 0 Å². The maximum Gasteiger partial charge on any atom is 0.159 e. The Kier molecular flexibility index (Phi) is 6.60. The van der Waals surface area contributed by atoms with Crippen molar-refractivity contribution < 1.29 is 8.83 Å². The molecule has 12 aromatic rings. The molecule has 56 heavy (non-hydrogen) atoms. The van der Waals surface area contributed by atoms with E-state index in [1.807, 2.05) is 12.1 Å². The smallest absolute Gasteiger partial charge is 0.159 e. The molecule has 0 amide bonds.